The molecular weight excluding hydrogens is 435 g/mol. The molecule has 0 spiro atoms. The van der Waals surface area contributed by atoms with Crippen molar-refractivity contribution >= 4 is 5.91 Å². The molecule has 0 saturated heterocycles. The van der Waals surface area contributed by atoms with Crippen LogP contribution in [-0.4, -0.2) is 50.8 Å². The largest absolute Gasteiger partial charge is 0.416 e. The predicted molar refractivity (Wildman–Crippen MR) is 115 cm³/mol. The Hall–Kier alpha value is -3.53. The number of fused-ring (bicyclic) bond motifs is 1. The lowest BCUT2D eigenvalue weighted by Crippen LogP contribution is -2.35. The number of alkyl halides is 3. The normalized spacial score (nSPS) is 13.6. The van der Waals surface area contributed by atoms with Crippen LogP contribution in [0.5, 0.6) is 0 Å². The maximum Gasteiger partial charge on any atom is 0.416 e. The smallest absolute Gasteiger partial charge is 0.383 e. The molecule has 1 aromatic carbocycles. The molecule has 1 amide bonds. The maximum atomic E-state index is 13.0. The van der Waals surface area contributed by atoms with Crippen molar-refractivity contribution in [3.8, 4) is 22.8 Å². The fourth-order valence-corrected chi connectivity index (χ4v) is 3.69. The summed E-state index contributed by atoms with van der Waals surface area (Å²) in [6.45, 7) is 5.35. The van der Waals surface area contributed by atoms with Crippen LogP contribution in [0.25, 0.3) is 22.8 Å². The fraction of sp³-hybridized carbons (Fsp3) is 0.304. The van der Waals surface area contributed by atoms with Gasteiger partial charge in [-0.05, 0) is 30.7 Å². The topological polar surface area (TPSA) is 73.1 Å². The van der Waals surface area contributed by atoms with Gasteiger partial charge in [-0.25, -0.2) is 9.97 Å². The van der Waals surface area contributed by atoms with Gasteiger partial charge in [-0.1, -0.05) is 18.7 Å². The van der Waals surface area contributed by atoms with Gasteiger partial charge in [0.05, 0.1) is 36.6 Å². The van der Waals surface area contributed by atoms with E-state index in [9.17, 15) is 18.0 Å². The van der Waals surface area contributed by atoms with Gasteiger partial charge in [0, 0.05) is 31.0 Å². The number of benzene rings is 1. The molecular formula is C23H22F3N5O2. The lowest BCUT2D eigenvalue weighted by molar-refractivity contribution is -0.137. The van der Waals surface area contributed by atoms with Crippen molar-refractivity contribution in [2.45, 2.75) is 25.7 Å². The number of carbonyl (C=O) groups excluding carboxylic acids is 1. The molecule has 33 heavy (non-hydrogen) atoms. The SMILES string of the molecule is C=CC(=O)N1CCc2c(nc(-c3ccc(C(F)(F)F)cc3)nc2-c2ccn(CCOC)n2)C1. The second-order valence-electron chi connectivity index (χ2n) is 7.57. The Balaban J connectivity index is 1.78. The van der Waals surface area contributed by atoms with Gasteiger partial charge in [-0.15, -0.1) is 0 Å². The first-order chi connectivity index (χ1) is 15.8. The molecule has 0 bridgehead atoms. The number of hydrogen-bond donors (Lipinski definition) is 0. The van der Waals surface area contributed by atoms with Crippen LogP contribution in [0, 0.1) is 0 Å². The molecule has 0 fully saturated rings. The van der Waals surface area contributed by atoms with E-state index >= 15 is 0 Å². The van der Waals surface area contributed by atoms with E-state index in [4.69, 9.17) is 4.74 Å². The Kier molecular flexibility index (Phi) is 6.28. The third-order valence-corrected chi connectivity index (χ3v) is 5.43. The summed E-state index contributed by atoms with van der Waals surface area (Å²) in [7, 11) is 1.61. The van der Waals surface area contributed by atoms with Gasteiger partial charge in [-0.3, -0.25) is 9.48 Å². The van der Waals surface area contributed by atoms with E-state index in [1.54, 1.807) is 16.7 Å². The van der Waals surface area contributed by atoms with E-state index in [0.717, 1.165) is 17.7 Å². The number of hydrogen-bond acceptors (Lipinski definition) is 5. The molecule has 0 radical (unpaired) electrons. The Morgan fingerprint density at radius 1 is 1.21 bits per heavy atom. The van der Waals surface area contributed by atoms with Crippen LogP contribution in [0.2, 0.25) is 0 Å². The first kappa shape index (κ1) is 22.7. The molecule has 7 nitrogen and oxygen atoms in total. The molecule has 4 rings (SSSR count). The summed E-state index contributed by atoms with van der Waals surface area (Å²) in [5.74, 6) is 0.0672. The molecule has 172 valence electrons. The number of rotatable bonds is 6. The number of halogens is 3. The second kappa shape index (κ2) is 9.14. The number of aromatic nitrogens is 4. The summed E-state index contributed by atoms with van der Waals surface area (Å²) in [5, 5.41) is 4.58. The third-order valence-electron chi connectivity index (χ3n) is 5.43. The molecule has 3 heterocycles. The monoisotopic (exact) mass is 457 g/mol. The van der Waals surface area contributed by atoms with Crippen LogP contribution in [0.3, 0.4) is 0 Å². The van der Waals surface area contributed by atoms with Crippen molar-refractivity contribution in [3.63, 3.8) is 0 Å². The lowest BCUT2D eigenvalue weighted by Gasteiger charge is -2.28. The Labute approximate surface area is 188 Å². The highest BCUT2D eigenvalue weighted by Gasteiger charge is 2.30. The molecule has 1 aliphatic rings. The van der Waals surface area contributed by atoms with E-state index in [-0.39, 0.29) is 18.3 Å². The fourth-order valence-electron chi connectivity index (χ4n) is 3.69. The number of ether oxygens (including phenoxy) is 1. The van der Waals surface area contributed by atoms with Crippen LogP contribution >= 0.6 is 0 Å². The van der Waals surface area contributed by atoms with Gasteiger partial charge in [-0.2, -0.15) is 18.3 Å². The van der Waals surface area contributed by atoms with Gasteiger partial charge >= 0.3 is 6.18 Å². The van der Waals surface area contributed by atoms with Crippen LogP contribution in [0.15, 0.2) is 49.2 Å². The summed E-state index contributed by atoms with van der Waals surface area (Å²) >= 11 is 0. The molecule has 10 heteroatoms. The van der Waals surface area contributed by atoms with Gasteiger partial charge in [0.15, 0.2) is 5.82 Å². The molecule has 0 unspecified atom stereocenters. The average molecular weight is 457 g/mol. The van der Waals surface area contributed by atoms with E-state index in [2.05, 4.69) is 21.6 Å². The van der Waals surface area contributed by atoms with Crippen molar-refractivity contribution in [1.29, 1.82) is 0 Å². The molecule has 2 aromatic heterocycles. The molecule has 0 aliphatic carbocycles. The summed E-state index contributed by atoms with van der Waals surface area (Å²) in [4.78, 5) is 23.1. The Bertz CT molecular complexity index is 1170. The number of amides is 1. The molecule has 0 saturated carbocycles. The van der Waals surface area contributed by atoms with Crippen molar-refractivity contribution in [1.82, 2.24) is 24.6 Å². The highest BCUT2D eigenvalue weighted by molar-refractivity contribution is 5.87. The molecule has 1 aliphatic heterocycles. The minimum Gasteiger partial charge on any atom is -0.383 e. The van der Waals surface area contributed by atoms with Gasteiger partial charge in [0.25, 0.3) is 0 Å². The van der Waals surface area contributed by atoms with Crippen molar-refractivity contribution < 1.29 is 22.7 Å². The van der Waals surface area contributed by atoms with Crippen LogP contribution in [0.4, 0.5) is 13.2 Å². The zero-order valence-corrected chi connectivity index (χ0v) is 18.0. The second-order valence-corrected chi connectivity index (χ2v) is 7.57. The van der Waals surface area contributed by atoms with Gasteiger partial charge in [0.1, 0.15) is 5.69 Å². The first-order valence-electron chi connectivity index (χ1n) is 10.3. The Morgan fingerprint density at radius 3 is 2.64 bits per heavy atom. The summed E-state index contributed by atoms with van der Waals surface area (Å²) in [5.41, 5.74) is 2.44. The minimum atomic E-state index is -4.43. The van der Waals surface area contributed by atoms with E-state index < -0.39 is 11.7 Å². The summed E-state index contributed by atoms with van der Waals surface area (Å²) in [6.07, 6.45) is -0.832. The molecule has 3 aromatic rings. The predicted octanol–water partition coefficient (Wildman–Crippen LogP) is 3.74. The van der Waals surface area contributed by atoms with Crippen molar-refractivity contribution in [2.75, 3.05) is 20.3 Å². The van der Waals surface area contributed by atoms with Gasteiger partial charge < -0.3 is 9.64 Å². The highest BCUT2D eigenvalue weighted by Crippen LogP contribution is 2.33. The standard InChI is InChI=1S/C23H22F3N5O2/c1-3-20(32)30-10-8-17-19(14-30)27-22(15-4-6-16(7-5-15)23(24,25)26)28-21(17)18-9-11-31(29-18)12-13-33-2/h3-7,9,11H,1,8,10,12-14H2,2H3. The lowest BCUT2D eigenvalue weighted by atomic mass is 10.00. The Morgan fingerprint density at radius 2 is 1.97 bits per heavy atom. The van der Waals surface area contributed by atoms with Crippen LogP contribution in [0.1, 0.15) is 16.8 Å². The molecule has 0 N–H and O–H groups in total. The van der Waals surface area contributed by atoms with E-state index in [0.29, 0.717) is 48.8 Å². The van der Waals surface area contributed by atoms with E-state index in [1.165, 1.54) is 18.2 Å². The zero-order chi connectivity index (χ0) is 23.6. The number of methoxy groups -OCH3 is 1. The van der Waals surface area contributed by atoms with Crippen LogP contribution < -0.4 is 0 Å². The van der Waals surface area contributed by atoms with E-state index in [1.807, 2.05) is 12.3 Å². The zero-order valence-electron chi connectivity index (χ0n) is 18.0. The molecule has 0 atom stereocenters. The first-order valence-corrected chi connectivity index (χ1v) is 10.3. The van der Waals surface area contributed by atoms with Gasteiger partial charge in [0.2, 0.25) is 5.91 Å². The average Bonchev–Trinajstić information content (AvgIpc) is 3.29. The van der Waals surface area contributed by atoms with Crippen molar-refractivity contribution in [2.24, 2.45) is 0 Å². The van der Waals surface area contributed by atoms with Crippen LogP contribution in [-0.2, 0) is 35.2 Å². The maximum absolute atomic E-state index is 13.0. The highest BCUT2D eigenvalue weighted by atomic mass is 19.4. The quantitative estimate of drug-likeness (QED) is 0.528. The van der Waals surface area contributed by atoms with Crippen molar-refractivity contribution in [3.05, 3.63) is 66.0 Å². The summed E-state index contributed by atoms with van der Waals surface area (Å²) in [6, 6.07) is 6.54. The number of nitrogens with zero attached hydrogens (tertiary/aromatic N) is 5. The number of carbonyl (C=O) groups is 1. The third kappa shape index (κ3) is 4.80. The minimum absolute atomic E-state index is 0.208. The summed E-state index contributed by atoms with van der Waals surface area (Å²) < 4.78 is 45.8.